The van der Waals surface area contributed by atoms with Crippen molar-refractivity contribution < 1.29 is 4.79 Å². The van der Waals surface area contributed by atoms with Crippen LogP contribution < -0.4 is 5.32 Å². The molecule has 0 bridgehead atoms. The molecule has 5 heteroatoms. The summed E-state index contributed by atoms with van der Waals surface area (Å²) < 4.78 is 1.95. The number of rotatable bonds is 2. The van der Waals surface area contributed by atoms with Gasteiger partial charge in [0.25, 0.3) is 5.91 Å². The fourth-order valence-electron chi connectivity index (χ4n) is 1.93. The van der Waals surface area contributed by atoms with Gasteiger partial charge in [0.1, 0.15) is 9.71 Å². The van der Waals surface area contributed by atoms with Crippen molar-refractivity contribution in [3.63, 3.8) is 0 Å². The molecule has 0 unspecified atom stereocenters. The number of hydrogen-bond donors (Lipinski definition) is 1. The van der Waals surface area contributed by atoms with Gasteiger partial charge >= 0.3 is 0 Å². The van der Waals surface area contributed by atoms with Gasteiger partial charge in [0.15, 0.2) is 0 Å². The van der Waals surface area contributed by atoms with Gasteiger partial charge in [-0.3, -0.25) is 4.79 Å². The topological polar surface area (TPSA) is 46.9 Å². The summed E-state index contributed by atoms with van der Waals surface area (Å²) in [4.78, 5) is 17.8. The zero-order chi connectivity index (χ0) is 12.5. The van der Waals surface area contributed by atoms with E-state index in [1.165, 1.54) is 11.3 Å². The van der Waals surface area contributed by atoms with E-state index in [9.17, 15) is 4.79 Å². The fraction of sp³-hybridized carbons (Fsp3) is 0.0769. The molecule has 0 atom stereocenters. The average molecular weight is 257 g/mol. The van der Waals surface area contributed by atoms with E-state index in [0.717, 1.165) is 15.9 Å². The van der Waals surface area contributed by atoms with Crippen LogP contribution in [0.5, 0.6) is 0 Å². The van der Waals surface area contributed by atoms with E-state index in [2.05, 4.69) is 10.3 Å². The standard InChI is InChI=1S/C13H11N3OS/c1-14-12(17)11-10(16-7-2-3-8-16)9-5-4-6-15-13(9)18-11/h2-8H,1H3,(H,14,17). The van der Waals surface area contributed by atoms with Gasteiger partial charge in [-0.15, -0.1) is 11.3 Å². The summed E-state index contributed by atoms with van der Waals surface area (Å²) in [7, 11) is 1.64. The first-order chi connectivity index (χ1) is 8.81. The number of hydrogen-bond acceptors (Lipinski definition) is 3. The molecular weight excluding hydrogens is 246 g/mol. The first kappa shape index (κ1) is 11.0. The van der Waals surface area contributed by atoms with Gasteiger partial charge in [-0.2, -0.15) is 0 Å². The second kappa shape index (κ2) is 4.27. The lowest BCUT2D eigenvalue weighted by Gasteiger charge is -2.04. The molecule has 0 fully saturated rings. The first-order valence-electron chi connectivity index (χ1n) is 5.54. The van der Waals surface area contributed by atoms with Crippen molar-refractivity contribution >= 4 is 27.5 Å². The first-order valence-corrected chi connectivity index (χ1v) is 6.36. The molecule has 0 aliphatic heterocycles. The molecule has 3 aromatic heterocycles. The maximum absolute atomic E-state index is 12.0. The van der Waals surface area contributed by atoms with E-state index >= 15 is 0 Å². The van der Waals surface area contributed by atoms with Crippen molar-refractivity contribution in [1.82, 2.24) is 14.9 Å². The molecule has 3 rings (SSSR count). The van der Waals surface area contributed by atoms with Gasteiger partial charge < -0.3 is 9.88 Å². The van der Waals surface area contributed by atoms with Crippen molar-refractivity contribution in [2.24, 2.45) is 0 Å². The normalized spacial score (nSPS) is 10.7. The molecule has 0 aliphatic rings. The van der Waals surface area contributed by atoms with Crippen LogP contribution in [0, 0.1) is 0 Å². The SMILES string of the molecule is CNC(=O)c1sc2ncccc2c1-n1cccc1. The number of nitrogens with one attached hydrogen (secondary N) is 1. The highest BCUT2D eigenvalue weighted by Gasteiger charge is 2.18. The van der Waals surface area contributed by atoms with Gasteiger partial charge in [-0.25, -0.2) is 4.98 Å². The number of thiophene rings is 1. The quantitative estimate of drug-likeness (QED) is 0.766. The number of amides is 1. The summed E-state index contributed by atoms with van der Waals surface area (Å²) in [5, 5.41) is 3.67. The van der Waals surface area contributed by atoms with Gasteiger partial charge in [-0.05, 0) is 24.3 Å². The summed E-state index contributed by atoms with van der Waals surface area (Å²) in [6, 6.07) is 7.75. The predicted octanol–water partition coefficient (Wildman–Crippen LogP) is 2.45. The van der Waals surface area contributed by atoms with E-state index in [4.69, 9.17) is 0 Å². The molecule has 4 nitrogen and oxygen atoms in total. The molecule has 1 N–H and O–H groups in total. The molecule has 90 valence electrons. The van der Waals surface area contributed by atoms with Crippen LogP contribution in [0.3, 0.4) is 0 Å². The Labute approximate surface area is 108 Å². The monoisotopic (exact) mass is 257 g/mol. The molecule has 0 saturated carbocycles. The van der Waals surface area contributed by atoms with Crippen LogP contribution in [-0.4, -0.2) is 22.5 Å². The van der Waals surface area contributed by atoms with Crippen molar-refractivity contribution in [3.05, 3.63) is 47.7 Å². The molecule has 3 heterocycles. The Morgan fingerprint density at radius 1 is 1.33 bits per heavy atom. The maximum Gasteiger partial charge on any atom is 0.263 e. The highest BCUT2D eigenvalue weighted by Crippen LogP contribution is 2.32. The summed E-state index contributed by atoms with van der Waals surface area (Å²) >= 11 is 1.41. The number of carbonyl (C=O) groups excluding carboxylic acids is 1. The zero-order valence-corrected chi connectivity index (χ0v) is 10.6. The van der Waals surface area contributed by atoms with Crippen LogP contribution >= 0.6 is 11.3 Å². The zero-order valence-electron chi connectivity index (χ0n) is 9.75. The summed E-state index contributed by atoms with van der Waals surface area (Å²) in [5.74, 6) is -0.0818. The molecule has 0 aliphatic carbocycles. The van der Waals surface area contributed by atoms with Gasteiger partial charge in [0.2, 0.25) is 0 Å². The smallest absolute Gasteiger partial charge is 0.263 e. The Morgan fingerprint density at radius 3 is 2.83 bits per heavy atom. The van der Waals surface area contributed by atoms with Crippen molar-refractivity contribution in [1.29, 1.82) is 0 Å². The number of nitrogens with zero attached hydrogens (tertiary/aromatic N) is 2. The Morgan fingerprint density at radius 2 is 2.11 bits per heavy atom. The highest BCUT2D eigenvalue weighted by atomic mass is 32.1. The van der Waals surface area contributed by atoms with Crippen molar-refractivity contribution in [2.75, 3.05) is 7.05 Å². The second-order valence-electron chi connectivity index (χ2n) is 3.81. The third kappa shape index (κ3) is 1.60. The lowest BCUT2D eigenvalue weighted by molar-refractivity contribution is 0.0967. The highest BCUT2D eigenvalue weighted by molar-refractivity contribution is 7.21. The summed E-state index contributed by atoms with van der Waals surface area (Å²) in [6.07, 6.45) is 5.60. The third-order valence-corrected chi connectivity index (χ3v) is 3.84. The fourth-order valence-corrected chi connectivity index (χ4v) is 3.02. The Kier molecular flexibility index (Phi) is 2.60. The largest absolute Gasteiger partial charge is 0.354 e. The summed E-state index contributed by atoms with van der Waals surface area (Å²) in [5.41, 5.74) is 0.896. The molecule has 0 radical (unpaired) electrons. The third-order valence-electron chi connectivity index (χ3n) is 2.74. The lowest BCUT2D eigenvalue weighted by Crippen LogP contribution is -2.18. The Hall–Kier alpha value is -2.14. The number of carbonyl (C=O) groups is 1. The van der Waals surface area contributed by atoms with Crippen LogP contribution in [0.1, 0.15) is 9.67 Å². The van der Waals surface area contributed by atoms with E-state index in [1.807, 2.05) is 41.2 Å². The van der Waals surface area contributed by atoms with Crippen molar-refractivity contribution in [2.45, 2.75) is 0 Å². The number of fused-ring (bicyclic) bond motifs is 1. The number of aromatic nitrogens is 2. The van der Waals surface area contributed by atoms with Gasteiger partial charge in [-0.1, -0.05) is 0 Å². The van der Waals surface area contributed by atoms with E-state index < -0.39 is 0 Å². The Balaban J connectivity index is 2.35. The minimum absolute atomic E-state index is 0.0818. The molecule has 3 aromatic rings. The molecule has 0 saturated heterocycles. The minimum atomic E-state index is -0.0818. The van der Waals surface area contributed by atoms with Gasteiger partial charge in [0, 0.05) is 31.0 Å². The molecule has 0 spiro atoms. The average Bonchev–Trinajstić information content (AvgIpc) is 3.03. The summed E-state index contributed by atoms with van der Waals surface area (Å²) in [6.45, 7) is 0. The minimum Gasteiger partial charge on any atom is -0.354 e. The van der Waals surface area contributed by atoms with E-state index in [-0.39, 0.29) is 5.91 Å². The van der Waals surface area contributed by atoms with Crippen LogP contribution in [0.2, 0.25) is 0 Å². The van der Waals surface area contributed by atoms with Crippen LogP contribution in [0.15, 0.2) is 42.9 Å². The second-order valence-corrected chi connectivity index (χ2v) is 4.80. The molecular formula is C13H11N3OS. The van der Waals surface area contributed by atoms with Crippen molar-refractivity contribution in [3.8, 4) is 5.69 Å². The molecule has 1 amide bonds. The van der Waals surface area contributed by atoms with E-state index in [1.54, 1.807) is 13.2 Å². The maximum atomic E-state index is 12.0. The van der Waals surface area contributed by atoms with E-state index in [0.29, 0.717) is 4.88 Å². The van der Waals surface area contributed by atoms with Crippen LogP contribution in [0.4, 0.5) is 0 Å². The van der Waals surface area contributed by atoms with Crippen LogP contribution in [0.25, 0.3) is 15.9 Å². The van der Waals surface area contributed by atoms with Gasteiger partial charge in [0.05, 0.1) is 5.69 Å². The predicted molar refractivity (Wildman–Crippen MR) is 72.3 cm³/mol. The lowest BCUT2D eigenvalue weighted by atomic mass is 10.2. The number of pyridine rings is 1. The van der Waals surface area contributed by atoms with Crippen LogP contribution in [-0.2, 0) is 0 Å². The Bertz CT molecular complexity index is 700. The molecule has 18 heavy (non-hydrogen) atoms. The molecule has 0 aromatic carbocycles.